The zero-order valence-corrected chi connectivity index (χ0v) is 14.6. The molecule has 26 heavy (non-hydrogen) atoms. The third-order valence-electron chi connectivity index (χ3n) is 3.84. The molecular formula is C20H18N6. The summed E-state index contributed by atoms with van der Waals surface area (Å²) >= 11 is 0. The van der Waals surface area contributed by atoms with E-state index in [0.717, 1.165) is 11.4 Å². The van der Waals surface area contributed by atoms with Gasteiger partial charge < -0.3 is 10.6 Å². The maximum Gasteiger partial charge on any atom is 0.160 e. The van der Waals surface area contributed by atoms with E-state index in [0.29, 0.717) is 34.3 Å². The van der Waals surface area contributed by atoms with Gasteiger partial charge in [-0.1, -0.05) is 36.4 Å². The zero-order chi connectivity index (χ0) is 17.9. The molecule has 0 bridgehead atoms. The standard InChI is InChI=1S/C20H18N6/c1-13-21-17-18(19(23-13)25-15-9-5-3-6-10-15)22-14(2)24-20(17)26-16-11-7-4-8-12-16/h3-12H,1-2H3,(H,21,23,25)(H,22,24,26). The largest absolute Gasteiger partial charge is 0.338 e. The minimum absolute atomic E-state index is 0.652. The molecule has 0 fully saturated rings. The van der Waals surface area contributed by atoms with Gasteiger partial charge in [0.15, 0.2) is 11.6 Å². The van der Waals surface area contributed by atoms with Gasteiger partial charge in [0.1, 0.15) is 22.7 Å². The minimum atomic E-state index is 0.652. The van der Waals surface area contributed by atoms with E-state index in [1.54, 1.807) is 0 Å². The van der Waals surface area contributed by atoms with E-state index in [-0.39, 0.29) is 0 Å². The number of hydrogen-bond donors (Lipinski definition) is 2. The van der Waals surface area contributed by atoms with Crippen LogP contribution in [-0.4, -0.2) is 19.9 Å². The van der Waals surface area contributed by atoms with Gasteiger partial charge in [-0.25, -0.2) is 19.9 Å². The molecule has 0 aliphatic carbocycles. The number of nitrogens with one attached hydrogen (secondary N) is 2. The Balaban J connectivity index is 1.84. The van der Waals surface area contributed by atoms with Crippen LogP contribution >= 0.6 is 0 Å². The van der Waals surface area contributed by atoms with E-state index in [2.05, 4.69) is 30.6 Å². The summed E-state index contributed by atoms with van der Waals surface area (Å²) in [7, 11) is 0. The van der Waals surface area contributed by atoms with E-state index in [4.69, 9.17) is 0 Å². The summed E-state index contributed by atoms with van der Waals surface area (Å²) in [5.74, 6) is 2.64. The van der Waals surface area contributed by atoms with Gasteiger partial charge in [0, 0.05) is 11.4 Å². The Hall–Kier alpha value is -3.54. The number of para-hydroxylation sites is 2. The maximum atomic E-state index is 4.58. The van der Waals surface area contributed by atoms with Gasteiger partial charge in [-0.05, 0) is 38.1 Å². The van der Waals surface area contributed by atoms with Gasteiger partial charge in [-0.3, -0.25) is 0 Å². The molecule has 0 aliphatic heterocycles. The first-order valence-electron chi connectivity index (χ1n) is 8.36. The van der Waals surface area contributed by atoms with Crippen LogP contribution < -0.4 is 10.6 Å². The summed E-state index contributed by atoms with van der Waals surface area (Å²) in [5, 5.41) is 6.67. The van der Waals surface area contributed by atoms with Gasteiger partial charge in [0.25, 0.3) is 0 Å². The second kappa shape index (κ2) is 6.76. The normalized spacial score (nSPS) is 10.7. The quantitative estimate of drug-likeness (QED) is 0.568. The molecule has 0 radical (unpaired) electrons. The van der Waals surface area contributed by atoms with Crippen LogP contribution in [0.5, 0.6) is 0 Å². The van der Waals surface area contributed by atoms with Crippen molar-refractivity contribution in [3.63, 3.8) is 0 Å². The summed E-state index contributed by atoms with van der Waals surface area (Å²) < 4.78 is 0. The van der Waals surface area contributed by atoms with Crippen LogP contribution in [0.3, 0.4) is 0 Å². The Kier molecular flexibility index (Phi) is 4.15. The third-order valence-corrected chi connectivity index (χ3v) is 3.84. The highest BCUT2D eigenvalue weighted by molar-refractivity contribution is 5.94. The van der Waals surface area contributed by atoms with Gasteiger partial charge in [-0.2, -0.15) is 0 Å². The Morgan fingerprint density at radius 1 is 0.538 bits per heavy atom. The Bertz CT molecular complexity index is 961. The van der Waals surface area contributed by atoms with Crippen molar-refractivity contribution in [2.75, 3.05) is 10.6 Å². The topological polar surface area (TPSA) is 75.6 Å². The lowest BCUT2D eigenvalue weighted by molar-refractivity contribution is 1.04. The van der Waals surface area contributed by atoms with E-state index >= 15 is 0 Å². The van der Waals surface area contributed by atoms with E-state index < -0.39 is 0 Å². The SMILES string of the molecule is Cc1nc(Nc2ccccc2)c2nc(C)nc(Nc3ccccc3)c2n1. The van der Waals surface area contributed by atoms with E-state index in [9.17, 15) is 0 Å². The molecule has 0 atom stereocenters. The average Bonchev–Trinajstić information content (AvgIpc) is 2.64. The summed E-state index contributed by atoms with van der Waals surface area (Å²) in [6.07, 6.45) is 0. The number of aryl methyl sites for hydroxylation is 2. The minimum Gasteiger partial charge on any atom is -0.338 e. The lowest BCUT2D eigenvalue weighted by Gasteiger charge is -2.13. The monoisotopic (exact) mass is 342 g/mol. The van der Waals surface area contributed by atoms with Crippen molar-refractivity contribution in [1.29, 1.82) is 0 Å². The maximum absolute atomic E-state index is 4.58. The molecule has 0 saturated carbocycles. The van der Waals surface area contributed by atoms with Gasteiger partial charge in [0.2, 0.25) is 0 Å². The molecule has 6 heteroatoms. The van der Waals surface area contributed by atoms with Gasteiger partial charge in [-0.15, -0.1) is 0 Å². The first-order chi connectivity index (χ1) is 12.7. The molecule has 0 unspecified atom stereocenters. The van der Waals surface area contributed by atoms with E-state index in [1.165, 1.54) is 0 Å². The molecule has 6 nitrogen and oxygen atoms in total. The third kappa shape index (κ3) is 3.30. The smallest absolute Gasteiger partial charge is 0.160 e. The molecule has 2 aromatic heterocycles. The molecule has 0 aliphatic rings. The second-order valence-corrected chi connectivity index (χ2v) is 5.92. The number of aromatic nitrogens is 4. The number of fused-ring (bicyclic) bond motifs is 1. The molecule has 0 saturated heterocycles. The fourth-order valence-corrected chi connectivity index (χ4v) is 2.73. The molecule has 2 heterocycles. The van der Waals surface area contributed by atoms with Crippen LogP contribution in [0, 0.1) is 13.8 Å². The van der Waals surface area contributed by atoms with E-state index in [1.807, 2.05) is 74.5 Å². The molecule has 0 spiro atoms. The van der Waals surface area contributed by atoms with Crippen molar-refractivity contribution >= 4 is 34.0 Å². The van der Waals surface area contributed by atoms with Crippen molar-refractivity contribution in [3.8, 4) is 0 Å². The number of benzene rings is 2. The fourth-order valence-electron chi connectivity index (χ4n) is 2.73. The fraction of sp³-hybridized carbons (Fsp3) is 0.100. The number of hydrogen-bond acceptors (Lipinski definition) is 6. The average molecular weight is 342 g/mol. The summed E-state index contributed by atoms with van der Waals surface area (Å²) in [6, 6.07) is 19.8. The number of nitrogens with zero attached hydrogens (tertiary/aromatic N) is 4. The Morgan fingerprint density at radius 3 is 1.31 bits per heavy atom. The highest BCUT2D eigenvalue weighted by atomic mass is 15.1. The first kappa shape index (κ1) is 16.0. The molecular weight excluding hydrogens is 324 g/mol. The van der Waals surface area contributed by atoms with Gasteiger partial charge in [0.05, 0.1) is 0 Å². The summed E-state index contributed by atoms with van der Waals surface area (Å²) in [5.41, 5.74) is 3.26. The van der Waals surface area contributed by atoms with Gasteiger partial charge >= 0.3 is 0 Å². The predicted molar refractivity (Wildman–Crippen MR) is 104 cm³/mol. The van der Waals surface area contributed by atoms with Crippen molar-refractivity contribution in [2.45, 2.75) is 13.8 Å². The Labute approximate surface area is 151 Å². The highest BCUT2D eigenvalue weighted by Crippen LogP contribution is 2.28. The predicted octanol–water partition coefficient (Wildman–Crippen LogP) is 4.52. The lowest BCUT2D eigenvalue weighted by atomic mass is 10.3. The van der Waals surface area contributed by atoms with Crippen LogP contribution in [0.2, 0.25) is 0 Å². The molecule has 2 N–H and O–H groups in total. The Morgan fingerprint density at radius 2 is 0.923 bits per heavy atom. The second-order valence-electron chi connectivity index (χ2n) is 5.92. The molecule has 0 amide bonds. The van der Waals surface area contributed by atoms with Crippen LogP contribution in [0.15, 0.2) is 60.7 Å². The van der Waals surface area contributed by atoms with Crippen LogP contribution in [0.4, 0.5) is 23.0 Å². The highest BCUT2D eigenvalue weighted by Gasteiger charge is 2.14. The molecule has 128 valence electrons. The van der Waals surface area contributed by atoms with Crippen LogP contribution in [0.1, 0.15) is 11.6 Å². The summed E-state index contributed by atoms with van der Waals surface area (Å²) in [4.78, 5) is 18.2. The van der Waals surface area contributed by atoms with Crippen LogP contribution in [-0.2, 0) is 0 Å². The number of anilines is 4. The van der Waals surface area contributed by atoms with Crippen molar-refractivity contribution in [1.82, 2.24) is 19.9 Å². The molecule has 4 aromatic rings. The molecule has 4 rings (SSSR count). The van der Waals surface area contributed by atoms with Crippen molar-refractivity contribution in [3.05, 3.63) is 72.3 Å². The summed E-state index contributed by atoms with van der Waals surface area (Å²) in [6.45, 7) is 3.73. The number of rotatable bonds is 4. The lowest BCUT2D eigenvalue weighted by Crippen LogP contribution is -2.05. The molecule has 2 aromatic carbocycles. The van der Waals surface area contributed by atoms with Crippen molar-refractivity contribution in [2.24, 2.45) is 0 Å². The first-order valence-corrected chi connectivity index (χ1v) is 8.36. The van der Waals surface area contributed by atoms with Crippen LogP contribution in [0.25, 0.3) is 11.0 Å². The zero-order valence-electron chi connectivity index (χ0n) is 14.6. The van der Waals surface area contributed by atoms with Crippen molar-refractivity contribution < 1.29 is 0 Å².